The topological polar surface area (TPSA) is 55.1 Å². The number of carbonyl (C=O) groups is 1. The Bertz CT molecular complexity index is 671. The zero-order valence-electron chi connectivity index (χ0n) is 16.0. The van der Waals surface area contributed by atoms with E-state index in [0.29, 0.717) is 30.6 Å². The third-order valence-corrected chi connectivity index (χ3v) is 4.39. The Balaban J connectivity index is 1.90. The Hall–Kier alpha value is -2.10. The molecule has 1 atom stereocenters. The highest BCUT2D eigenvalue weighted by molar-refractivity contribution is 5.76. The summed E-state index contributed by atoms with van der Waals surface area (Å²) in [5, 5.41) is 3.00. The van der Waals surface area contributed by atoms with Crippen LogP contribution in [0.25, 0.3) is 11.3 Å². The number of benzene rings is 1. The summed E-state index contributed by atoms with van der Waals surface area (Å²) in [6.07, 6.45) is 3.72. The van der Waals surface area contributed by atoms with Gasteiger partial charge in [0.05, 0.1) is 6.20 Å². The van der Waals surface area contributed by atoms with E-state index in [-0.39, 0.29) is 11.9 Å². The second-order valence-electron chi connectivity index (χ2n) is 7.51. The Morgan fingerprint density at radius 2 is 1.80 bits per heavy atom. The third-order valence-electron chi connectivity index (χ3n) is 4.39. The average Bonchev–Trinajstić information content (AvgIpc) is 3.02. The van der Waals surface area contributed by atoms with Crippen molar-refractivity contribution >= 4 is 5.91 Å². The molecule has 0 aliphatic rings. The smallest absolute Gasteiger partial charge is 0.220 e. The predicted molar refractivity (Wildman–Crippen MR) is 101 cm³/mol. The molecule has 4 heteroatoms. The summed E-state index contributed by atoms with van der Waals surface area (Å²) in [5.41, 5.74) is 2.35. The Morgan fingerprint density at radius 1 is 1.12 bits per heavy atom. The Kier molecular flexibility index (Phi) is 6.80. The minimum absolute atomic E-state index is 0.0407. The maximum absolute atomic E-state index is 12.0. The summed E-state index contributed by atoms with van der Waals surface area (Å²) in [6.45, 7) is 10.6. The number of hydrogen-bond acceptors (Lipinski definition) is 3. The molecule has 1 unspecified atom stereocenters. The monoisotopic (exact) mass is 342 g/mol. The maximum atomic E-state index is 12.0. The molecule has 1 heterocycles. The molecule has 0 radical (unpaired) electrons. The van der Waals surface area contributed by atoms with E-state index >= 15 is 0 Å². The quantitative estimate of drug-likeness (QED) is 0.761. The van der Waals surface area contributed by atoms with Crippen LogP contribution in [0.4, 0.5) is 0 Å². The lowest BCUT2D eigenvalue weighted by atomic mass is 10.0. The van der Waals surface area contributed by atoms with Gasteiger partial charge in [0.2, 0.25) is 5.91 Å². The fraction of sp³-hybridized carbons (Fsp3) is 0.524. The van der Waals surface area contributed by atoms with E-state index in [4.69, 9.17) is 4.42 Å². The van der Waals surface area contributed by atoms with Gasteiger partial charge in [-0.25, -0.2) is 4.98 Å². The summed E-state index contributed by atoms with van der Waals surface area (Å²) in [4.78, 5) is 16.3. The van der Waals surface area contributed by atoms with E-state index in [1.165, 1.54) is 5.56 Å². The van der Waals surface area contributed by atoms with Crippen LogP contribution < -0.4 is 5.32 Å². The summed E-state index contributed by atoms with van der Waals surface area (Å²) in [5.74, 6) is 2.47. The van der Waals surface area contributed by atoms with Crippen LogP contribution in [-0.2, 0) is 17.6 Å². The highest BCUT2D eigenvalue weighted by atomic mass is 16.4. The van der Waals surface area contributed by atoms with Crippen molar-refractivity contribution in [1.82, 2.24) is 10.3 Å². The maximum Gasteiger partial charge on any atom is 0.220 e. The van der Waals surface area contributed by atoms with Crippen molar-refractivity contribution in [3.63, 3.8) is 0 Å². The van der Waals surface area contributed by atoms with Crippen molar-refractivity contribution in [2.75, 3.05) is 0 Å². The van der Waals surface area contributed by atoms with Crippen LogP contribution in [0.5, 0.6) is 0 Å². The van der Waals surface area contributed by atoms with E-state index in [9.17, 15) is 4.79 Å². The first-order valence-corrected chi connectivity index (χ1v) is 9.18. The average molecular weight is 342 g/mol. The first-order chi connectivity index (χ1) is 11.8. The lowest BCUT2D eigenvalue weighted by Crippen LogP contribution is -2.36. The number of aryl methyl sites for hydroxylation is 1. The largest absolute Gasteiger partial charge is 0.441 e. The first kappa shape index (κ1) is 19.2. The van der Waals surface area contributed by atoms with Crippen molar-refractivity contribution in [3.05, 3.63) is 41.9 Å². The van der Waals surface area contributed by atoms with Crippen LogP contribution in [0.2, 0.25) is 0 Å². The number of nitrogens with one attached hydrogen (secondary N) is 1. The van der Waals surface area contributed by atoms with Crippen LogP contribution in [-0.4, -0.2) is 16.9 Å². The van der Waals surface area contributed by atoms with Crippen molar-refractivity contribution in [2.24, 2.45) is 11.8 Å². The molecule has 0 saturated heterocycles. The van der Waals surface area contributed by atoms with Gasteiger partial charge in [-0.1, -0.05) is 52.0 Å². The van der Waals surface area contributed by atoms with E-state index in [1.807, 2.05) is 6.92 Å². The molecule has 0 spiro atoms. The number of rotatable bonds is 8. The number of oxazole rings is 1. The highest BCUT2D eigenvalue weighted by Gasteiger charge is 2.13. The molecule has 0 fully saturated rings. The normalized spacial score (nSPS) is 12.6. The Morgan fingerprint density at radius 3 is 2.40 bits per heavy atom. The molecule has 0 aliphatic carbocycles. The highest BCUT2D eigenvalue weighted by Crippen LogP contribution is 2.22. The molecule has 2 rings (SSSR count). The van der Waals surface area contributed by atoms with Gasteiger partial charge in [0.25, 0.3) is 0 Å². The fourth-order valence-corrected chi connectivity index (χ4v) is 2.55. The lowest BCUT2D eigenvalue weighted by Gasteiger charge is -2.16. The predicted octanol–water partition coefficient (Wildman–Crippen LogP) is 4.63. The molecule has 25 heavy (non-hydrogen) atoms. The zero-order valence-corrected chi connectivity index (χ0v) is 16.0. The molecule has 1 aromatic heterocycles. The SMILES string of the molecule is CC(C)Cc1ccc(-c2cnc(CCC(=O)NC(C)C(C)C)o2)cc1. The standard InChI is InChI=1S/C21H30N2O2/c1-14(2)12-17-6-8-18(9-7-17)19-13-22-21(25-19)11-10-20(24)23-16(5)15(3)4/h6-9,13-16H,10-12H2,1-5H3,(H,23,24). The van der Waals surface area contributed by atoms with Gasteiger partial charge in [-0.3, -0.25) is 4.79 Å². The van der Waals surface area contributed by atoms with E-state index in [2.05, 4.69) is 62.3 Å². The van der Waals surface area contributed by atoms with Crippen molar-refractivity contribution in [3.8, 4) is 11.3 Å². The number of nitrogens with zero attached hydrogens (tertiary/aromatic N) is 1. The molecule has 1 aromatic carbocycles. The van der Waals surface area contributed by atoms with Crippen molar-refractivity contribution in [2.45, 2.75) is 59.9 Å². The fourth-order valence-electron chi connectivity index (χ4n) is 2.55. The minimum atomic E-state index is 0.0407. The van der Waals surface area contributed by atoms with Gasteiger partial charge in [0.1, 0.15) is 0 Å². The third kappa shape index (κ3) is 6.04. The van der Waals surface area contributed by atoms with Crippen LogP contribution in [0.15, 0.2) is 34.9 Å². The summed E-state index contributed by atoms with van der Waals surface area (Å²) < 4.78 is 5.80. The molecule has 1 amide bonds. The van der Waals surface area contributed by atoms with Crippen molar-refractivity contribution in [1.29, 1.82) is 0 Å². The minimum Gasteiger partial charge on any atom is -0.441 e. The van der Waals surface area contributed by atoms with Gasteiger partial charge in [-0.15, -0.1) is 0 Å². The first-order valence-electron chi connectivity index (χ1n) is 9.18. The molecule has 0 bridgehead atoms. The molecule has 1 N–H and O–H groups in total. The van der Waals surface area contributed by atoms with Gasteiger partial charge < -0.3 is 9.73 Å². The summed E-state index contributed by atoms with van der Waals surface area (Å²) in [7, 11) is 0. The molecule has 2 aromatic rings. The van der Waals surface area contributed by atoms with E-state index < -0.39 is 0 Å². The Labute approximate surface area is 151 Å². The number of aromatic nitrogens is 1. The van der Waals surface area contributed by atoms with Gasteiger partial charge in [-0.05, 0) is 30.7 Å². The van der Waals surface area contributed by atoms with Gasteiger partial charge in [0, 0.05) is 24.4 Å². The molecular weight excluding hydrogens is 312 g/mol. The molecule has 0 aliphatic heterocycles. The van der Waals surface area contributed by atoms with Gasteiger partial charge in [-0.2, -0.15) is 0 Å². The van der Waals surface area contributed by atoms with Gasteiger partial charge in [0.15, 0.2) is 11.7 Å². The van der Waals surface area contributed by atoms with Crippen molar-refractivity contribution < 1.29 is 9.21 Å². The van der Waals surface area contributed by atoms with Crippen LogP contribution in [0.3, 0.4) is 0 Å². The second-order valence-corrected chi connectivity index (χ2v) is 7.51. The zero-order chi connectivity index (χ0) is 18.4. The molecule has 4 nitrogen and oxygen atoms in total. The summed E-state index contributed by atoms with van der Waals surface area (Å²) in [6, 6.07) is 8.59. The summed E-state index contributed by atoms with van der Waals surface area (Å²) >= 11 is 0. The van der Waals surface area contributed by atoms with Crippen LogP contribution in [0, 0.1) is 11.8 Å². The molecular formula is C21H30N2O2. The molecule has 136 valence electrons. The van der Waals surface area contributed by atoms with Crippen LogP contribution >= 0.6 is 0 Å². The van der Waals surface area contributed by atoms with Gasteiger partial charge >= 0.3 is 0 Å². The van der Waals surface area contributed by atoms with E-state index in [1.54, 1.807) is 6.20 Å². The number of amides is 1. The van der Waals surface area contributed by atoms with Crippen LogP contribution in [0.1, 0.15) is 52.5 Å². The van der Waals surface area contributed by atoms with E-state index in [0.717, 1.165) is 17.7 Å². The number of hydrogen-bond donors (Lipinski definition) is 1. The lowest BCUT2D eigenvalue weighted by molar-refractivity contribution is -0.122. The second kappa shape index (κ2) is 8.84. The molecule has 0 saturated carbocycles. The number of carbonyl (C=O) groups excluding carboxylic acids is 1.